The van der Waals surface area contributed by atoms with Gasteiger partial charge in [-0.3, -0.25) is 4.90 Å². The molecule has 2 rings (SSSR count). The van der Waals surface area contributed by atoms with E-state index in [0.29, 0.717) is 6.04 Å². The Morgan fingerprint density at radius 2 is 1.95 bits per heavy atom. The van der Waals surface area contributed by atoms with Crippen molar-refractivity contribution in [1.82, 2.24) is 9.80 Å². The smallest absolute Gasteiger partial charge is 0.127 e. The molecule has 1 heterocycles. The van der Waals surface area contributed by atoms with Crippen molar-refractivity contribution in [2.45, 2.75) is 38.8 Å². The van der Waals surface area contributed by atoms with Crippen molar-refractivity contribution in [1.29, 1.82) is 0 Å². The number of hydrogen-bond acceptors (Lipinski definition) is 2. The van der Waals surface area contributed by atoms with Crippen molar-refractivity contribution < 1.29 is 4.39 Å². The second-order valence-corrected chi connectivity index (χ2v) is 5.75. The minimum absolute atomic E-state index is 0.0471. The third-order valence-electron chi connectivity index (χ3n) is 4.21. The van der Waals surface area contributed by atoms with E-state index in [1.54, 1.807) is 6.07 Å². The van der Waals surface area contributed by atoms with Crippen LogP contribution in [0.2, 0.25) is 0 Å². The van der Waals surface area contributed by atoms with Crippen LogP contribution in [0.4, 0.5) is 4.39 Å². The predicted octanol–water partition coefficient (Wildman–Crippen LogP) is 2.91. The summed E-state index contributed by atoms with van der Waals surface area (Å²) < 4.78 is 14.0. The lowest BCUT2D eigenvalue weighted by molar-refractivity contribution is 0.139. The van der Waals surface area contributed by atoms with E-state index in [1.807, 2.05) is 12.1 Å². The van der Waals surface area contributed by atoms with Crippen LogP contribution < -0.4 is 0 Å². The van der Waals surface area contributed by atoms with Gasteiger partial charge in [-0.1, -0.05) is 19.1 Å². The molecule has 0 amide bonds. The van der Waals surface area contributed by atoms with Gasteiger partial charge >= 0.3 is 0 Å². The van der Waals surface area contributed by atoms with Crippen LogP contribution >= 0.6 is 0 Å². The van der Waals surface area contributed by atoms with E-state index in [9.17, 15) is 4.39 Å². The van der Waals surface area contributed by atoms with Crippen LogP contribution in [0.1, 0.15) is 30.9 Å². The summed E-state index contributed by atoms with van der Waals surface area (Å²) in [6.45, 7) is 4.94. The molecule has 0 aliphatic carbocycles. The standard InChI is InChI=1S/C16H25FN2/c1-4-13-5-6-14(16(17)11-13)12-19-9-7-15(8-10-19)18(2)3/h5-6,11,15H,4,7-10,12H2,1-3H3. The van der Waals surface area contributed by atoms with Gasteiger partial charge in [0, 0.05) is 18.2 Å². The maximum atomic E-state index is 14.0. The first kappa shape index (κ1) is 14.5. The SMILES string of the molecule is CCc1ccc(CN2CCC(N(C)C)CC2)c(F)c1. The summed E-state index contributed by atoms with van der Waals surface area (Å²) in [6, 6.07) is 6.36. The Kier molecular flexibility index (Phi) is 4.94. The largest absolute Gasteiger partial charge is 0.306 e. The van der Waals surface area contributed by atoms with Gasteiger partial charge in [0.25, 0.3) is 0 Å². The fraction of sp³-hybridized carbons (Fsp3) is 0.625. The minimum atomic E-state index is -0.0471. The summed E-state index contributed by atoms with van der Waals surface area (Å²) in [5, 5.41) is 0. The molecule has 106 valence electrons. The zero-order valence-electron chi connectivity index (χ0n) is 12.3. The lowest BCUT2D eigenvalue weighted by atomic mass is 10.0. The molecule has 1 saturated heterocycles. The molecule has 0 bridgehead atoms. The lowest BCUT2D eigenvalue weighted by Crippen LogP contribution is -2.41. The van der Waals surface area contributed by atoms with Crippen molar-refractivity contribution in [3.63, 3.8) is 0 Å². The summed E-state index contributed by atoms with van der Waals surface area (Å²) in [4.78, 5) is 4.66. The number of piperidine rings is 1. The van der Waals surface area contributed by atoms with Crippen molar-refractivity contribution >= 4 is 0 Å². The highest BCUT2D eigenvalue weighted by molar-refractivity contribution is 5.24. The number of rotatable bonds is 4. The number of halogens is 1. The van der Waals surface area contributed by atoms with Gasteiger partial charge in [0.15, 0.2) is 0 Å². The van der Waals surface area contributed by atoms with E-state index in [4.69, 9.17) is 0 Å². The molecule has 1 fully saturated rings. The normalized spacial score (nSPS) is 18.2. The van der Waals surface area contributed by atoms with E-state index in [2.05, 4.69) is 30.8 Å². The number of hydrogen-bond donors (Lipinski definition) is 0. The summed E-state index contributed by atoms with van der Waals surface area (Å²) in [6.07, 6.45) is 3.26. The van der Waals surface area contributed by atoms with Gasteiger partial charge in [-0.2, -0.15) is 0 Å². The molecular formula is C16H25FN2. The van der Waals surface area contributed by atoms with E-state index in [-0.39, 0.29) is 5.82 Å². The van der Waals surface area contributed by atoms with Crippen LogP contribution in [-0.4, -0.2) is 43.0 Å². The predicted molar refractivity (Wildman–Crippen MR) is 77.8 cm³/mol. The Morgan fingerprint density at radius 1 is 1.26 bits per heavy atom. The van der Waals surface area contributed by atoms with Gasteiger partial charge < -0.3 is 4.90 Å². The molecule has 3 heteroatoms. The lowest BCUT2D eigenvalue weighted by Gasteiger charge is -2.35. The summed E-state index contributed by atoms with van der Waals surface area (Å²) in [5.74, 6) is -0.0471. The monoisotopic (exact) mass is 264 g/mol. The Morgan fingerprint density at radius 3 is 2.47 bits per heavy atom. The summed E-state index contributed by atoms with van der Waals surface area (Å²) >= 11 is 0. The minimum Gasteiger partial charge on any atom is -0.306 e. The first-order chi connectivity index (χ1) is 9.10. The fourth-order valence-corrected chi connectivity index (χ4v) is 2.77. The molecule has 19 heavy (non-hydrogen) atoms. The molecule has 0 spiro atoms. The Bertz CT molecular complexity index is 409. The highest BCUT2D eigenvalue weighted by atomic mass is 19.1. The van der Waals surface area contributed by atoms with Crippen molar-refractivity contribution in [2.24, 2.45) is 0 Å². The van der Waals surface area contributed by atoms with Gasteiger partial charge in [-0.15, -0.1) is 0 Å². The molecule has 1 aromatic carbocycles. The van der Waals surface area contributed by atoms with Gasteiger partial charge in [0.1, 0.15) is 5.82 Å². The quantitative estimate of drug-likeness (QED) is 0.825. The average Bonchev–Trinajstić information content (AvgIpc) is 2.41. The van der Waals surface area contributed by atoms with E-state index in [0.717, 1.165) is 37.2 Å². The molecule has 0 radical (unpaired) electrons. The third-order valence-corrected chi connectivity index (χ3v) is 4.21. The topological polar surface area (TPSA) is 6.48 Å². The fourth-order valence-electron chi connectivity index (χ4n) is 2.77. The van der Waals surface area contributed by atoms with Crippen LogP contribution in [0.25, 0.3) is 0 Å². The first-order valence-electron chi connectivity index (χ1n) is 7.26. The summed E-state index contributed by atoms with van der Waals surface area (Å²) in [5.41, 5.74) is 1.91. The van der Waals surface area contributed by atoms with Crippen molar-refractivity contribution in [3.8, 4) is 0 Å². The summed E-state index contributed by atoms with van der Waals surface area (Å²) in [7, 11) is 4.28. The van der Waals surface area contributed by atoms with E-state index < -0.39 is 0 Å². The second-order valence-electron chi connectivity index (χ2n) is 5.75. The molecule has 1 aliphatic heterocycles. The zero-order valence-corrected chi connectivity index (χ0v) is 12.3. The molecule has 0 aromatic heterocycles. The van der Waals surface area contributed by atoms with E-state index in [1.165, 1.54) is 12.8 Å². The van der Waals surface area contributed by atoms with Crippen molar-refractivity contribution in [2.75, 3.05) is 27.2 Å². The Balaban J connectivity index is 1.92. The molecule has 0 unspecified atom stereocenters. The Labute approximate surface area is 116 Å². The molecule has 2 nitrogen and oxygen atoms in total. The van der Waals surface area contributed by atoms with Crippen molar-refractivity contribution in [3.05, 3.63) is 35.1 Å². The maximum absolute atomic E-state index is 14.0. The average molecular weight is 264 g/mol. The van der Waals surface area contributed by atoms with Crippen LogP contribution in [-0.2, 0) is 13.0 Å². The number of likely N-dealkylation sites (tertiary alicyclic amines) is 1. The second kappa shape index (κ2) is 6.49. The number of aryl methyl sites for hydroxylation is 1. The highest BCUT2D eigenvalue weighted by Crippen LogP contribution is 2.18. The zero-order chi connectivity index (χ0) is 13.8. The van der Waals surface area contributed by atoms with Crippen LogP contribution in [0.5, 0.6) is 0 Å². The van der Waals surface area contributed by atoms with Crippen LogP contribution in [0.3, 0.4) is 0 Å². The molecule has 1 aliphatic rings. The van der Waals surface area contributed by atoms with Gasteiger partial charge in [0.2, 0.25) is 0 Å². The van der Waals surface area contributed by atoms with Gasteiger partial charge in [-0.05, 0) is 58.1 Å². The third kappa shape index (κ3) is 3.77. The number of nitrogens with zero attached hydrogens (tertiary/aromatic N) is 2. The molecule has 0 atom stereocenters. The van der Waals surface area contributed by atoms with Gasteiger partial charge in [-0.25, -0.2) is 4.39 Å². The maximum Gasteiger partial charge on any atom is 0.127 e. The first-order valence-corrected chi connectivity index (χ1v) is 7.26. The van der Waals surface area contributed by atoms with E-state index >= 15 is 0 Å². The van der Waals surface area contributed by atoms with Gasteiger partial charge in [0.05, 0.1) is 0 Å². The highest BCUT2D eigenvalue weighted by Gasteiger charge is 2.21. The molecule has 0 saturated carbocycles. The Hall–Kier alpha value is -0.930. The molecule has 1 aromatic rings. The van der Waals surface area contributed by atoms with Crippen LogP contribution in [0.15, 0.2) is 18.2 Å². The molecule has 0 N–H and O–H groups in total. The number of benzene rings is 1. The van der Waals surface area contributed by atoms with Crippen LogP contribution in [0, 0.1) is 5.82 Å². The molecular weight excluding hydrogens is 239 g/mol.